The zero-order chi connectivity index (χ0) is 34.1. The molecule has 2 heterocycles. The molecule has 0 saturated heterocycles. The van der Waals surface area contributed by atoms with Gasteiger partial charge in [0.05, 0.1) is 11.5 Å². The largest absolute Gasteiger partial charge is 0.471 e. The van der Waals surface area contributed by atoms with Crippen LogP contribution >= 0.6 is 0 Å². The molecule has 0 spiro atoms. The van der Waals surface area contributed by atoms with Crippen LogP contribution in [-0.2, 0) is 31.0 Å². The number of fused-ring (bicyclic) bond motifs is 1. The number of halogens is 8. The number of nitrogens with zero attached hydrogens (tertiary/aromatic N) is 3. The van der Waals surface area contributed by atoms with Crippen molar-refractivity contribution < 1.29 is 49.4 Å². The molecule has 0 aliphatic heterocycles. The second-order valence-electron chi connectivity index (χ2n) is 12.1. The number of imidazole rings is 1. The minimum atomic E-state index is -4.70. The highest BCUT2D eigenvalue weighted by molar-refractivity contribution is 5.99. The molecule has 256 valence electrons. The van der Waals surface area contributed by atoms with E-state index in [2.05, 4.69) is 20.6 Å². The summed E-state index contributed by atoms with van der Waals surface area (Å²) in [7, 11) is 1.46. The summed E-state index contributed by atoms with van der Waals surface area (Å²) in [6.07, 6.45) is -10.2. The smallest absolute Gasteiger partial charge is 0.416 e. The number of pyridine rings is 1. The number of ether oxygens (including phenoxy) is 1. The van der Waals surface area contributed by atoms with Crippen molar-refractivity contribution in [1.82, 2.24) is 25.2 Å². The second-order valence-corrected chi connectivity index (χ2v) is 12.1. The van der Waals surface area contributed by atoms with Crippen LogP contribution < -0.4 is 15.4 Å². The standard InChI is InChI=1S/C31H33F8N5O3/c1-44-25(12-18-10-17(4-9-22(18)31(37,38)39)14-40-26(45)11-16-2-3-16)42-23-13-21(29(43-27(23)44)47-15-24(32)33)28(46)41-20-7-5-19(6-8-20)30(34,35)36/h4,9-10,13,16,19-20,24H,2-3,5-8,11-12,14-15H2,1H3,(H,40,45)(H,41,46). The molecule has 47 heavy (non-hydrogen) atoms. The van der Waals surface area contributed by atoms with Crippen molar-refractivity contribution in [3.63, 3.8) is 0 Å². The summed E-state index contributed by atoms with van der Waals surface area (Å²) >= 11 is 0. The van der Waals surface area contributed by atoms with E-state index in [0.717, 1.165) is 18.9 Å². The fourth-order valence-corrected chi connectivity index (χ4v) is 5.75. The quantitative estimate of drug-likeness (QED) is 0.227. The lowest BCUT2D eigenvalue weighted by Crippen LogP contribution is -2.40. The van der Waals surface area contributed by atoms with Gasteiger partial charge in [-0.2, -0.15) is 31.3 Å². The number of aromatic nitrogens is 3. The molecule has 2 amide bonds. The average molecular weight is 676 g/mol. The number of amides is 2. The Labute approximate surface area is 264 Å². The fraction of sp³-hybridized carbons (Fsp3) is 0.548. The highest BCUT2D eigenvalue weighted by atomic mass is 19.4. The van der Waals surface area contributed by atoms with Crippen LogP contribution in [0.4, 0.5) is 35.1 Å². The Hall–Kier alpha value is -3.98. The van der Waals surface area contributed by atoms with Crippen molar-refractivity contribution in [1.29, 1.82) is 0 Å². The Morgan fingerprint density at radius 2 is 1.70 bits per heavy atom. The molecular weight excluding hydrogens is 642 g/mol. The summed E-state index contributed by atoms with van der Waals surface area (Å²) in [6, 6.07) is 4.15. The number of rotatable bonds is 11. The van der Waals surface area contributed by atoms with Crippen molar-refractivity contribution in [3.05, 3.63) is 52.3 Å². The Balaban J connectivity index is 1.40. The number of alkyl halides is 8. The highest BCUT2D eigenvalue weighted by Crippen LogP contribution is 2.38. The third-order valence-corrected chi connectivity index (χ3v) is 8.50. The van der Waals surface area contributed by atoms with Gasteiger partial charge in [-0.05, 0) is 67.7 Å². The maximum atomic E-state index is 14.0. The van der Waals surface area contributed by atoms with E-state index in [4.69, 9.17) is 4.74 Å². The summed E-state index contributed by atoms with van der Waals surface area (Å²) in [4.78, 5) is 33.9. The van der Waals surface area contributed by atoms with Crippen molar-refractivity contribution in [2.24, 2.45) is 18.9 Å². The van der Waals surface area contributed by atoms with Crippen molar-refractivity contribution >= 4 is 23.0 Å². The zero-order valence-electron chi connectivity index (χ0n) is 25.3. The van der Waals surface area contributed by atoms with Gasteiger partial charge >= 0.3 is 12.4 Å². The lowest BCUT2D eigenvalue weighted by atomic mass is 9.85. The van der Waals surface area contributed by atoms with Gasteiger partial charge in [-0.25, -0.2) is 13.8 Å². The van der Waals surface area contributed by atoms with Gasteiger partial charge in [-0.15, -0.1) is 0 Å². The van der Waals surface area contributed by atoms with E-state index >= 15 is 0 Å². The van der Waals surface area contributed by atoms with Crippen LogP contribution in [0.3, 0.4) is 0 Å². The minimum absolute atomic E-state index is 0.0297. The van der Waals surface area contributed by atoms with Crippen LogP contribution in [0.1, 0.15) is 77.8 Å². The molecule has 8 nitrogen and oxygen atoms in total. The minimum Gasteiger partial charge on any atom is -0.471 e. The fourth-order valence-electron chi connectivity index (χ4n) is 5.75. The lowest BCUT2D eigenvalue weighted by Gasteiger charge is -2.30. The normalized spacial score (nSPS) is 18.9. The van der Waals surface area contributed by atoms with Gasteiger partial charge in [0.1, 0.15) is 16.9 Å². The Kier molecular flexibility index (Phi) is 9.96. The number of aryl methyl sites for hydroxylation is 1. The van der Waals surface area contributed by atoms with Gasteiger partial charge < -0.3 is 19.9 Å². The monoisotopic (exact) mass is 675 g/mol. The van der Waals surface area contributed by atoms with Crippen molar-refractivity contribution in [2.75, 3.05) is 6.61 Å². The molecule has 2 fully saturated rings. The van der Waals surface area contributed by atoms with Crippen molar-refractivity contribution in [2.45, 2.75) is 82.7 Å². The van der Waals surface area contributed by atoms with Crippen LogP contribution in [0.2, 0.25) is 0 Å². The molecule has 0 bridgehead atoms. The summed E-state index contributed by atoms with van der Waals surface area (Å²) in [6.45, 7) is -1.08. The summed E-state index contributed by atoms with van der Waals surface area (Å²) in [5.74, 6) is -2.51. The third kappa shape index (κ3) is 8.69. The molecular formula is C31H33F8N5O3. The number of benzene rings is 1. The van der Waals surface area contributed by atoms with E-state index < -0.39 is 54.7 Å². The molecule has 2 saturated carbocycles. The van der Waals surface area contributed by atoms with Gasteiger partial charge in [0.25, 0.3) is 12.3 Å². The first-order chi connectivity index (χ1) is 22.1. The van der Waals surface area contributed by atoms with Gasteiger partial charge in [-0.1, -0.05) is 12.1 Å². The van der Waals surface area contributed by atoms with Crippen LogP contribution in [0.25, 0.3) is 11.2 Å². The predicted molar refractivity (Wildman–Crippen MR) is 153 cm³/mol. The molecule has 2 aliphatic carbocycles. The molecule has 0 radical (unpaired) electrons. The molecule has 3 aromatic rings. The molecule has 1 aromatic carbocycles. The van der Waals surface area contributed by atoms with E-state index in [9.17, 15) is 44.7 Å². The second kappa shape index (κ2) is 13.6. The molecule has 2 N–H and O–H groups in total. The molecule has 5 rings (SSSR count). The molecule has 16 heteroatoms. The Bertz CT molecular complexity index is 1610. The number of nitrogens with one attached hydrogen (secondary N) is 2. The lowest BCUT2D eigenvalue weighted by molar-refractivity contribution is -0.182. The number of carbonyl (C=O) groups is 2. The van der Waals surface area contributed by atoms with E-state index in [1.165, 1.54) is 29.8 Å². The number of carbonyl (C=O) groups excluding carboxylic acids is 2. The predicted octanol–water partition coefficient (Wildman–Crippen LogP) is 6.49. The topological polar surface area (TPSA) is 98.1 Å². The summed E-state index contributed by atoms with van der Waals surface area (Å²) in [5, 5.41) is 5.35. The number of hydrogen-bond acceptors (Lipinski definition) is 5. The van der Waals surface area contributed by atoms with Gasteiger partial charge in [-0.3, -0.25) is 9.59 Å². The maximum Gasteiger partial charge on any atom is 0.416 e. The summed E-state index contributed by atoms with van der Waals surface area (Å²) < 4.78 is 114. The first-order valence-corrected chi connectivity index (χ1v) is 15.2. The van der Waals surface area contributed by atoms with Crippen LogP contribution in [-0.4, -0.2) is 51.6 Å². The van der Waals surface area contributed by atoms with E-state index in [0.29, 0.717) is 17.9 Å². The highest BCUT2D eigenvalue weighted by Gasteiger charge is 2.42. The van der Waals surface area contributed by atoms with Crippen LogP contribution in [0.5, 0.6) is 5.88 Å². The third-order valence-electron chi connectivity index (χ3n) is 8.50. The van der Waals surface area contributed by atoms with Crippen molar-refractivity contribution in [3.8, 4) is 5.88 Å². The van der Waals surface area contributed by atoms with Gasteiger partial charge in [0.2, 0.25) is 11.8 Å². The van der Waals surface area contributed by atoms with E-state index in [1.807, 2.05) is 0 Å². The molecule has 2 aliphatic rings. The Morgan fingerprint density at radius 3 is 2.32 bits per heavy atom. The SMILES string of the molecule is Cn1c(Cc2cc(CNC(=O)CC3CC3)ccc2C(F)(F)F)nc2cc(C(=O)NC3CCC(C(F)(F)F)CC3)c(OCC(F)F)nc21. The number of hydrogen-bond donors (Lipinski definition) is 2. The molecule has 2 aromatic heterocycles. The first kappa shape index (κ1) is 34.4. The van der Waals surface area contributed by atoms with Crippen LogP contribution in [0.15, 0.2) is 24.3 Å². The zero-order valence-corrected chi connectivity index (χ0v) is 25.3. The molecule has 0 unspecified atom stereocenters. The maximum absolute atomic E-state index is 14.0. The van der Waals surface area contributed by atoms with Crippen LogP contribution in [0, 0.1) is 11.8 Å². The van der Waals surface area contributed by atoms with E-state index in [-0.39, 0.29) is 72.7 Å². The van der Waals surface area contributed by atoms with Gasteiger partial charge in [0.15, 0.2) is 12.3 Å². The first-order valence-electron chi connectivity index (χ1n) is 15.2. The van der Waals surface area contributed by atoms with E-state index in [1.54, 1.807) is 0 Å². The Morgan fingerprint density at radius 1 is 1.00 bits per heavy atom. The van der Waals surface area contributed by atoms with Gasteiger partial charge in [0, 0.05) is 32.5 Å². The average Bonchev–Trinajstić information content (AvgIpc) is 3.76. The summed E-state index contributed by atoms with van der Waals surface area (Å²) in [5.41, 5.74) is -0.780. The molecule has 0 atom stereocenters.